The number of hydrogen-bond acceptors (Lipinski definition) is 4. The average Bonchev–Trinajstić information content (AvgIpc) is 2.97. The maximum atomic E-state index is 10.4. The zero-order chi connectivity index (χ0) is 15.9. The number of benzene rings is 1. The van der Waals surface area contributed by atoms with Gasteiger partial charge in [0.05, 0.1) is 25.8 Å². The van der Waals surface area contributed by atoms with Gasteiger partial charge in [-0.25, -0.2) is 4.68 Å². The van der Waals surface area contributed by atoms with E-state index < -0.39 is 5.97 Å². The van der Waals surface area contributed by atoms with Gasteiger partial charge in [-0.3, -0.25) is 4.79 Å². The van der Waals surface area contributed by atoms with Crippen LogP contribution >= 0.6 is 0 Å². The van der Waals surface area contributed by atoms with E-state index in [1.165, 1.54) is 0 Å². The van der Waals surface area contributed by atoms with Crippen LogP contribution in [-0.4, -0.2) is 39.3 Å². The molecule has 0 aliphatic carbocycles. The van der Waals surface area contributed by atoms with Crippen molar-refractivity contribution in [3.63, 3.8) is 0 Å². The highest BCUT2D eigenvalue weighted by Gasteiger charge is 2.06. The van der Waals surface area contributed by atoms with Crippen molar-refractivity contribution in [3.05, 3.63) is 36.0 Å². The Morgan fingerprint density at radius 2 is 2.18 bits per heavy atom. The first-order valence-corrected chi connectivity index (χ1v) is 7.37. The molecule has 6 heteroatoms. The third-order valence-electron chi connectivity index (χ3n) is 3.26. The molecular weight excluding hydrogens is 282 g/mol. The molecule has 0 radical (unpaired) electrons. The fourth-order valence-corrected chi connectivity index (χ4v) is 2.00. The summed E-state index contributed by atoms with van der Waals surface area (Å²) in [6.07, 6.45) is 2.72. The Kier molecular flexibility index (Phi) is 5.66. The molecule has 2 aromatic rings. The number of nitrogens with zero attached hydrogens (tertiary/aromatic N) is 3. The summed E-state index contributed by atoms with van der Waals surface area (Å²) < 4.78 is 7.15. The summed E-state index contributed by atoms with van der Waals surface area (Å²) >= 11 is 0. The Labute approximate surface area is 129 Å². The quantitative estimate of drug-likeness (QED) is 0.758. The van der Waals surface area contributed by atoms with Gasteiger partial charge >= 0.3 is 5.97 Å². The second kappa shape index (κ2) is 7.70. The largest absolute Gasteiger partial charge is 0.481 e. The summed E-state index contributed by atoms with van der Waals surface area (Å²) in [6, 6.07) is 8.36. The van der Waals surface area contributed by atoms with Crippen LogP contribution in [0.5, 0.6) is 0 Å². The van der Waals surface area contributed by atoms with E-state index in [0.29, 0.717) is 6.61 Å². The molecule has 1 aromatic carbocycles. The lowest BCUT2D eigenvalue weighted by Gasteiger charge is -2.05. The fourth-order valence-electron chi connectivity index (χ4n) is 2.00. The summed E-state index contributed by atoms with van der Waals surface area (Å²) in [7, 11) is 0. The van der Waals surface area contributed by atoms with Crippen molar-refractivity contribution in [2.24, 2.45) is 0 Å². The first kappa shape index (κ1) is 16.2. The lowest BCUT2D eigenvalue weighted by Crippen LogP contribution is -2.05. The molecule has 0 saturated carbocycles. The maximum absolute atomic E-state index is 10.4. The number of carboxylic acids is 1. The van der Waals surface area contributed by atoms with Crippen LogP contribution in [0, 0.1) is 0 Å². The van der Waals surface area contributed by atoms with E-state index in [2.05, 4.69) is 30.2 Å². The van der Waals surface area contributed by atoms with Crippen molar-refractivity contribution in [3.8, 4) is 11.3 Å². The number of ether oxygens (including phenoxy) is 1. The molecule has 0 atom stereocenters. The Balaban J connectivity index is 1.93. The molecule has 1 aromatic heterocycles. The Hall–Kier alpha value is -2.21. The van der Waals surface area contributed by atoms with E-state index in [1.54, 1.807) is 0 Å². The van der Waals surface area contributed by atoms with E-state index in [0.717, 1.165) is 23.2 Å². The first-order valence-electron chi connectivity index (χ1n) is 7.37. The molecule has 0 saturated heterocycles. The van der Waals surface area contributed by atoms with Crippen molar-refractivity contribution in [1.82, 2.24) is 15.0 Å². The summed E-state index contributed by atoms with van der Waals surface area (Å²) in [6.45, 7) is 4.87. The van der Waals surface area contributed by atoms with Crippen LogP contribution in [-0.2, 0) is 16.0 Å². The summed E-state index contributed by atoms with van der Waals surface area (Å²) in [5, 5.41) is 16.8. The van der Waals surface area contributed by atoms with E-state index in [9.17, 15) is 4.79 Å². The highest BCUT2D eigenvalue weighted by molar-refractivity contribution is 5.66. The van der Waals surface area contributed by atoms with Crippen molar-refractivity contribution in [2.75, 3.05) is 13.2 Å². The molecule has 1 N–H and O–H groups in total. The number of carbonyl (C=O) groups is 1. The number of rotatable bonds is 8. The van der Waals surface area contributed by atoms with Crippen molar-refractivity contribution in [2.45, 2.75) is 32.7 Å². The predicted octanol–water partition coefficient (Wildman–Crippen LogP) is 2.56. The molecule has 1 heterocycles. The average molecular weight is 303 g/mol. The number of aliphatic carboxylic acids is 1. The molecule has 22 heavy (non-hydrogen) atoms. The summed E-state index contributed by atoms with van der Waals surface area (Å²) in [4.78, 5) is 10.4. The molecule has 0 unspecified atom stereocenters. The van der Waals surface area contributed by atoms with Gasteiger partial charge in [-0.05, 0) is 31.9 Å². The van der Waals surface area contributed by atoms with Crippen LogP contribution in [0.3, 0.4) is 0 Å². The van der Waals surface area contributed by atoms with Gasteiger partial charge in [0.2, 0.25) is 0 Å². The molecule has 0 amide bonds. The van der Waals surface area contributed by atoms with Crippen LogP contribution in [0.4, 0.5) is 0 Å². The Morgan fingerprint density at radius 1 is 1.36 bits per heavy atom. The lowest BCUT2D eigenvalue weighted by molar-refractivity contribution is -0.138. The van der Waals surface area contributed by atoms with Gasteiger partial charge in [-0.1, -0.05) is 23.4 Å². The van der Waals surface area contributed by atoms with Crippen molar-refractivity contribution >= 4 is 5.97 Å². The normalized spacial score (nSPS) is 11.0. The number of carboxylic acid groups (broad SMARTS) is 1. The first-order chi connectivity index (χ1) is 10.6. The molecule has 6 nitrogen and oxygen atoms in total. The standard InChI is InChI=1S/C16H21N3O3/c1-12(2)19-11-15(17-18-19)14-5-3-4-13(10-14)6-8-22-9-7-16(20)21/h3-5,10-12H,6-9H2,1-2H3,(H,20,21). The molecule has 0 bridgehead atoms. The van der Waals surface area contributed by atoms with Crippen LogP contribution < -0.4 is 0 Å². The molecular formula is C16H21N3O3. The van der Waals surface area contributed by atoms with Crippen LogP contribution in [0.1, 0.15) is 31.9 Å². The topological polar surface area (TPSA) is 77.2 Å². The SMILES string of the molecule is CC(C)n1cc(-c2cccc(CCOCCC(=O)O)c2)nn1. The van der Waals surface area contributed by atoms with Gasteiger partial charge in [-0.15, -0.1) is 5.10 Å². The second-order valence-electron chi connectivity index (χ2n) is 5.38. The maximum Gasteiger partial charge on any atom is 0.305 e. The smallest absolute Gasteiger partial charge is 0.305 e. The fraction of sp³-hybridized carbons (Fsp3) is 0.438. The third-order valence-corrected chi connectivity index (χ3v) is 3.26. The molecule has 0 aliphatic rings. The van der Waals surface area contributed by atoms with E-state index >= 15 is 0 Å². The van der Waals surface area contributed by atoms with Crippen LogP contribution in [0.25, 0.3) is 11.3 Å². The van der Waals surface area contributed by atoms with Crippen molar-refractivity contribution in [1.29, 1.82) is 0 Å². The van der Waals surface area contributed by atoms with Gasteiger partial charge in [0.15, 0.2) is 0 Å². The van der Waals surface area contributed by atoms with Crippen LogP contribution in [0.2, 0.25) is 0 Å². The monoisotopic (exact) mass is 303 g/mol. The minimum atomic E-state index is -0.838. The van der Waals surface area contributed by atoms with E-state index in [4.69, 9.17) is 9.84 Å². The molecule has 2 rings (SSSR count). The number of hydrogen-bond donors (Lipinski definition) is 1. The minimum Gasteiger partial charge on any atom is -0.481 e. The Morgan fingerprint density at radius 3 is 2.86 bits per heavy atom. The highest BCUT2D eigenvalue weighted by atomic mass is 16.5. The third kappa shape index (κ3) is 4.66. The molecule has 0 aliphatic heterocycles. The molecule has 118 valence electrons. The van der Waals surface area contributed by atoms with E-state index in [-0.39, 0.29) is 19.1 Å². The van der Waals surface area contributed by atoms with Gasteiger partial charge in [0, 0.05) is 11.6 Å². The van der Waals surface area contributed by atoms with Gasteiger partial charge in [0.1, 0.15) is 5.69 Å². The number of aromatic nitrogens is 3. The van der Waals surface area contributed by atoms with Gasteiger partial charge in [0.25, 0.3) is 0 Å². The zero-order valence-electron chi connectivity index (χ0n) is 12.9. The lowest BCUT2D eigenvalue weighted by atomic mass is 10.1. The van der Waals surface area contributed by atoms with Crippen LogP contribution in [0.15, 0.2) is 30.5 Å². The summed E-state index contributed by atoms with van der Waals surface area (Å²) in [5.41, 5.74) is 3.00. The summed E-state index contributed by atoms with van der Waals surface area (Å²) in [5.74, 6) is -0.838. The van der Waals surface area contributed by atoms with Gasteiger partial charge in [-0.2, -0.15) is 0 Å². The van der Waals surface area contributed by atoms with Crippen molar-refractivity contribution < 1.29 is 14.6 Å². The minimum absolute atomic E-state index is 0.0400. The molecule has 0 fully saturated rings. The van der Waals surface area contributed by atoms with Gasteiger partial charge < -0.3 is 9.84 Å². The second-order valence-corrected chi connectivity index (χ2v) is 5.38. The predicted molar refractivity (Wildman–Crippen MR) is 82.6 cm³/mol. The van der Waals surface area contributed by atoms with E-state index in [1.807, 2.05) is 29.1 Å². The zero-order valence-corrected chi connectivity index (χ0v) is 12.9. The molecule has 0 spiro atoms. The Bertz CT molecular complexity index is 623. The highest BCUT2D eigenvalue weighted by Crippen LogP contribution is 2.19.